The quantitative estimate of drug-likeness (QED) is 0.719. The van der Waals surface area contributed by atoms with Crippen molar-refractivity contribution in [3.05, 3.63) is 35.6 Å². The van der Waals surface area contributed by atoms with E-state index >= 15 is 0 Å². The molecule has 4 nitrogen and oxygen atoms in total. The number of nitrogens with one attached hydrogen (secondary N) is 1. The minimum atomic E-state index is -0.597. The van der Waals surface area contributed by atoms with E-state index in [9.17, 15) is 9.18 Å². The molecule has 1 amide bonds. The maximum Gasteiger partial charge on any atom is 0.250 e. The van der Waals surface area contributed by atoms with Crippen LogP contribution in [-0.4, -0.2) is 31.2 Å². The maximum absolute atomic E-state index is 12.9. The number of amides is 1. The predicted molar refractivity (Wildman–Crippen MR) is 97.7 cm³/mol. The Bertz CT molecular complexity index is 515. The van der Waals surface area contributed by atoms with E-state index in [0.29, 0.717) is 25.5 Å². The Morgan fingerprint density at radius 2 is 1.96 bits per heavy atom. The third-order valence-corrected chi connectivity index (χ3v) is 4.95. The lowest BCUT2D eigenvalue weighted by Gasteiger charge is -2.28. The van der Waals surface area contributed by atoms with Gasteiger partial charge in [-0.2, -0.15) is 0 Å². The highest BCUT2D eigenvalue weighted by Crippen LogP contribution is 2.27. The zero-order valence-corrected chi connectivity index (χ0v) is 15.2. The molecular weight excluding hydrogens is 319 g/mol. The molecular formula is C20H31FN2O2. The second-order valence-electron chi connectivity index (χ2n) is 6.95. The molecule has 0 heterocycles. The van der Waals surface area contributed by atoms with Crippen molar-refractivity contribution in [3.8, 4) is 0 Å². The third-order valence-electron chi connectivity index (χ3n) is 4.95. The van der Waals surface area contributed by atoms with Crippen LogP contribution in [0, 0.1) is 11.7 Å². The van der Waals surface area contributed by atoms with Gasteiger partial charge in [-0.25, -0.2) is 4.39 Å². The number of nitrogens with two attached hydrogens (primary N) is 1. The Balaban J connectivity index is 1.80. The molecule has 1 fully saturated rings. The molecule has 1 aromatic carbocycles. The summed E-state index contributed by atoms with van der Waals surface area (Å²) in [6.45, 7) is 2.84. The van der Waals surface area contributed by atoms with E-state index in [0.717, 1.165) is 12.0 Å². The monoisotopic (exact) mass is 350 g/mol. The van der Waals surface area contributed by atoms with Crippen molar-refractivity contribution in [2.24, 2.45) is 11.7 Å². The van der Waals surface area contributed by atoms with Crippen LogP contribution in [0.3, 0.4) is 0 Å². The summed E-state index contributed by atoms with van der Waals surface area (Å²) in [6.07, 6.45) is 7.15. The summed E-state index contributed by atoms with van der Waals surface area (Å²) < 4.78 is 18.5. The van der Waals surface area contributed by atoms with Crippen molar-refractivity contribution in [2.75, 3.05) is 13.2 Å². The van der Waals surface area contributed by atoms with Crippen molar-refractivity contribution >= 4 is 5.91 Å². The molecule has 0 saturated heterocycles. The van der Waals surface area contributed by atoms with Crippen LogP contribution in [0.5, 0.6) is 0 Å². The van der Waals surface area contributed by atoms with Crippen molar-refractivity contribution in [2.45, 2.75) is 64.0 Å². The van der Waals surface area contributed by atoms with E-state index in [4.69, 9.17) is 10.5 Å². The zero-order valence-electron chi connectivity index (χ0n) is 15.2. The minimum absolute atomic E-state index is 0.146. The molecule has 2 atom stereocenters. The lowest BCUT2D eigenvalue weighted by atomic mass is 9.84. The number of halogens is 1. The molecule has 0 spiro atoms. The fraction of sp³-hybridized carbons (Fsp3) is 0.650. The number of carbonyl (C=O) groups excluding carboxylic acids is 1. The maximum atomic E-state index is 12.9. The summed E-state index contributed by atoms with van der Waals surface area (Å²) in [7, 11) is 0. The molecule has 1 saturated carbocycles. The Kier molecular flexibility index (Phi) is 8.35. The van der Waals surface area contributed by atoms with Crippen molar-refractivity contribution < 1.29 is 13.9 Å². The first-order chi connectivity index (χ1) is 12.1. The topological polar surface area (TPSA) is 64.3 Å². The molecule has 0 aliphatic heterocycles. The van der Waals surface area contributed by atoms with E-state index in [1.54, 1.807) is 12.1 Å². The lowest BCUT2D eigenvalue weighted by Crippen LogP contribution is -2.49. The number of benzene rings is 1. The normalized spacial score (nSPS) is 17.9. The second-order valence-corrected chi connectivity index (χ2v) is 6.95. The molecule has 1 unspecified atom stereocenters. The first-order valence-corrected chi connectivity index (χ1v) is 9.49. The molecule has 1 aromatic rings. The number of carbonyl (C=O) groups is 1. The van der Waals surface area contributed by atoms with Crippen molar-refractivity contribution in [3.63, 3.8) is 0 Å². The fourth-order valence-electron chi connectivity index (χ4n) is 3.59. The Hall–Kier alpha value is -1.46. The number of hydrogen-bond acceptors (Lipinski definition) is 3. The van der Waals surface area contributed by atoms with Crippen LogP contribution in [0.15, 0.2) is 24.3 Å². The van der Waals surface area contributed by atoms with Gasteiger partial charge in [0.05, 0.1) is 0 Å². The van der Waals surface area contributed by atoms with E-state index < -0.39 is 6.10 Å². The summed E-state index contributed by atoms with van der Waals surface area (Å²) in [6, 6.07) is 6.06. The number of rotatable bonds is 9. The average molecular weight is 350 g/mol. The predicted octanol–water partition coefficient (Wildman–Crippen LogP) is 3.19. The van der Waals surface area contributed by atoms with Crippen LogP contribution in [0.25, 0.3) is 0 Å². The van der Waals surface area contributed by atoms with Crippen LogP contribution in [0.4, 0.5) is 4.39 Å². The number of hydrogen-bond donors (Lipinski definition) is 2. The SMILES string of the molecule is CCOC(C(=O)NCCc1ccc(F)cc1)[C@H](N)CC1CCCCC1. The molecule has 1 aliphatic rings. The zero-order chi connectivity index (χ0) is 18.1. The van der Waals surface area contributed by atoms with E-state index in [1.807, 2.05) is 6.92 Å². The van der Waals surface area contributed by atoms with Crippen LogP contribution in [0.2, 0.25) is 0 Å². The first kappa shape index (κ1) is 19.9. The van der Waals surface area contributed by atoms with Crippen LogP contribution in [0.1, 0.15) is 51.0 Å². The van der Waals surface area contributed by atoms with Crippen LogP contribution >= 0.6 is 0 Å². The summed E-state index contributed by atoms with van der Waals surface area (Å²) in [5, 5.41) is 2.91. The van der Waals surface area contributed by atoms with Gasteiger partial charge in [0.25, 0.3) is 5.91 Å². The molecule has 5 heteroatoms. The van der Waals surface area contributed by atoms with E-state index in [2.05, 4.69) is 5.32 Å². The molecule has 0 aromatic heterocycles. The van der Waals surface area contributed by atoms with Gasteiger partial charge in [0.15, 0.2) is 6.10 Å². The van der Waals surface area contributed by atoms with Gasteiger partial charge in [-0.15, -0.1) is 0 Å². The molecule has 3 N–H and O–H groups in total. The lowest BCUT2D eigenvalue weighted by molar-refractivity contribution is -0.134. The standard InChI is InChI=1S/C20H31FN2O2/c1-2-25-19(18(22)14-16-6-4-3-5-7-16)20(24)23-13-12-15-8-10-17(21)11-9-15/h8-11,16,18-19H,2-7,12-14,22H2,1H3,(H,23,24)/t18-,19?/m1/s1. The molecule has 2 rings (SSSR count). The Morgan fingerprint density at radius 3 is 2.60 bits per heavy atom. The largest absolute Gasteiger partial charge is 0.367 e. The number of ether oxygens (including phenoxy) is 1. The van der Waals surface area contributed by atoms with Gasteiger partial charge < -0.3 is 15.8 Å². The van der Waals surface area contributed by atoms with Crippen LogP contribution < -0.4 is 11.1 Å². The molecule has 140 valence electrons. The van der Waals surface area contributed by atoms with Gasteiger partial charge >= 0.3 is 0 Å². The summed E-state index contributed by atoms with van der Waals surface area (Å²) in [4.78, 5) is 12.5. The highest BCUT2D eigenvalue weighted by Gasteiger charge is 2.28. The summed E-state index contributed by atoms with van der Waals surface area (Å²) in [5.74, 6) is 0.212. The average Bonchev–Trinajstić information content (AvgIpc) is 2.62. The highest BCUT2D eigenvalue weighted by atomic mass is 19.1. The summed E-state index contributed by atoms with van der Waals surface area (Å²) >= 11 is 0. The van der Waals surface area contributed by atoms with E-state index in [-0.39, 0.29) is 17.8 Å². The first-order valence-electron chi connectivity index (χ1n) is 9.49. The minimum Gasteiger partial charge on any atom is -0.367 e. The smallest absolute Gasteiger partial charge is 0.250 e. The van der Waals surface area contributed by atoms with Crippen molar-refractivity contribution in [1.82, 2.24) is 5.32 Å². The second kappa shape index (κ2) is 10.5. The van der Waals surface area contributed by atoms with Gasteiger partial charge in [0.2, 0.25) is 0 Å². The van der Waals surface area contributed by atoms with Crippen LogP contribution in [-0.2, 0) is 16.0 Å². The Morgan fingerprint density at radius 1 is 1.28 bits per heavy atom. The Labute approximate surface area is 150 Å². The molecule has 25 heavy (non-hydrogen) atoms. The van der Waals surface area contributed by atoms with E-state index in [1.165, 1.54) is 44.2 Å². The molecule has 0 bridgehead atoms. The van der Waals surface area contributed by atoms with Gasteiger partial charge in [-0.05, 0) is 43.4 Å². The fourth-order valence-corrected chi connectivity index (χ4v) is 3.59. The molecule has 0 radical (unpaired) electrons. The molecule has 1 aliphatic carbocycles. The van der Waals surface area contributed by atoms with Gasteiger partial charge in [-0.3, -0.25) is 4.79 Å². The van der Waals surface area contributed by atoms with Gasteiger partial charge in [0, 0.05) is 19.2 Å². The van der Waals surface area contributed by atoms with Gasteiger partial charge in [0.1, 0.15) is 5.82 Å². The van der Waals surface area contributed by atoms with Crippen molar-refractivity contribution in [1.29, 1.82) is 0 Å². The van der Waals surface area contributed by atoms with Gasteiger partial charge in [-0.1, -0.05) is 44.2 Å². The highest BCUT2D eigenvalue weighted by molar-refractivity contribution is 5.81. The third kappa shape index (κ3) is 6.75. The summed E-state index contributed by atoms with van der Waals surface area (Å²) in [5.41, 5.74) is 7.29.